The molecule has 124 valence electrons. The zero-order valence-electron chi connectivity index (χ0n) is 14.4. The van der Waals surface area contributed by atoms with E-state index in [4.69, 9.17) is 4.74 Å². The molecule has 1 heterocycles. The van der Waals surface area contributed by atoms with E-state index in [0.717, 1.165) is 6.54 Å². The van der Waals surface area contributed by atoms with Crippen LogP contribution in [0.1, 0.15) is 53.9 Å². The number of nitrogens with zero attached hydrogens (tertiary/aromatic N) is 1. The fraction of sp³-hybridized carbons (Fsp3) is 0.938. The fourth-order valence-corrected chi connectivity index (χ4v) is 2.65. The van der Waals surface area contributed by atoms with Crippen molar-refractivity contribution < 1.29 is 9.53 Å². The lowest BCUT2D eigenvalue weighted by molar-refractivity contribution is 0.0522. The monoisotopic (exact) mass is 299 g/mol. The molecule has 1 saturated heterocycles. The number of carbonyl (C=O) groups excluding carboxylic acids is 1. The highest BCUT2D eigenvalue weighted by Crippen LogP contribution is 2.11. The highest BCUT2D eigenvalue weighted by Gasteiger charge is 2.19. The van der Waals surface area contributed by atoms with Gasteiger partial charge in [-0.05, 0) is 66.6 Å². The maximum absolute atomic E-state index is 11.6. The summed E-state index contributed by atoms with van der Waals surface area (Å²) in [6.45, 7) is 14.1. The van der Waals surface area contributed by atoms with Crippen molar-refractivity contribution in [3.8, 4) is 0 Å². The molecule has 1 fully saturated rings. The summed E-state index contributed by atoms with van der Waals surface area (Å²) in [5, 5.41) is 6.45. The summed E-state index contributed by atoms with van der Waals surface area (Å²) in [7, 11) is 0. The molecule has 5 heteroatoms. The van der Waals surface area contributed by atoms with Crippen molar-refractivity contribution in [1.29, 1.82) is 0 Å². The maximum Gasteiger partial charge on any atom is 0.407 e. The molecule has 0 saturated carbocycles. The molecule has 0 radical (unpaired) electrons. The molecular formula is C16H33N3O2. The Bertz CT molecular complexity index is 315. The molecular weight excluding hydrogens is 266 g/mol. The maximum atomic E-state index is 11.6. The molecule has 5 nitrogen and oxygen atoms in total. The molecule has 0 bridgehead atoms. The minimum Gasteiger partial charge on any atom is -0.444 e. The van der Waals surface area contributed by atoms with E-state index in [1.54, 1.807) is 0 Å². The van der Waals surface area contributed by atoms with Crippen LogP contribution in [0.15, 0.2) is 0 Å². The van der Waals surface area contributed by atoms with Gasteiger partial charge in [0, 0.05) is 18.6 Å². The van der Waals surface area contributed by atoms with Crippen LogP contribution in [0.5, 0.6) is 0 Å². The van der Waals surface area contributed by atoms with Crippen LogP contribution < -0.4 is 10.6 Å². The van der Waals surface area contributed by atoms with Gasteiger partial charge in [-0.1, -0.05) is 6.92 Å². The number of amides is 1. The first-order valence-corrected chi connectivity index (χ1v) is 8.25. The van der Waals surface area contributed by atoms with Crippen molar-refractivity contribution in [2.45, 2.75) is 71.6 Å². The Morgan fingerprint density at radius 1 is 1.33 bits per heavy atom. The van der Waals surface area contributed by atoms with Gasteiger partial charge in [-0.25, -0.2) is 4.79 Å². The van der Waals surface area contributed by atoms with Crippen LogP contribution in [0.2, 0.25) is 0 Å². The van der Waals surface area contributed by atoms with E-state index < -0.39 is 5.60 Å². The number of hydrogen-bond donors (Lipinski definition) is 2. The van der Waals surface area contributed by atoms with Crippen LogP contribution in [0.4, 0.5) is 4.79 Å². The molecule has 0 aromatic rings. The first-order chi connectivity index (χ1) is 9.80. The molecule has 2 atom stereocenters. The predicted molar refractivity (Wildman–Crippen MR) is 86.6 cm³/mol. The Morgan fingerprint density at radius 2 is 2.05 bits per heavy atom. The predicted octanol–water partition coefficient (Wildman–Crippen LogP) is 2.36. The Hall–Kier alpha value is -0.810. The number of likely N-dealkylation sites (tertiary alicyclic amines) is 1. The average molecular weight is 299 g/mol. The lowest BCUT2D eigenvalue weighted by Crippen LogP contribution is -2.45. The Morgan fingerprint density at radius 3 is 2.67 bits per heavy atom. The van der Waals surface area contributed by atoms with E-state index in [0.29, 0.717) is 12.6 Å². The number of nitrogens with one attached hydrogen (secondary N) is 2. The summed E-state index contributed by atoms with van der Waals surface area (Å²) < 4.78 is 5.24. The summed E-state index contributed by atoms with van der Waals surface area (Å²) in [5.74, 6) is 0. The van der Waals surface area contributed by atoms with Crippen molar-refractivity contribution in [2.75, 3.05) is 26.2 Å². The van der Waals surface area contributed by atoms with E-state index >= 15 is 0 Å². The van der Waals surface area contributed by atoms with Gasteiger partial charge < -0.3 is 20.3 Å². The molecule has 2 N–H and O–H groups in total. The minimum absolute atomic E-state index is 0.260. The molecule has 2 unspecified atom stereocenters. The van der Waals surface area contributed by atoms with Gasteiger partial charge >= 0.3 is 6.09 Å². The molecule has 0 aliphatic carbocycles. The van der Waals surface area contributed by atoms with Crippen LogP contribution in [0, 0.1) is 0 Å². The molecule has 1 aliphatic heterocycles. The molecule has 0 aromatic carbocycles. The van der Waals surface area contributed by atoms with Gasteiger partial charge in [-0.3, -0.25) is 0 Å². The second kappa shape index (κ2) is 8.59. The highest BCUT2D eigenvalue weighted by atomic mass is 16.6. The van der Waals surface area contributed by atoms with Crippen molar-refractivity contribution in [2.24, 2.45) is 0 Å². The topological polar surface area (TPSA) is 53.6 Å². The molecule has 1 aliphatic rings. The summed E-state index contributed by atoms with van der Waals surface area (Å²) in [6.07, 6.45) is 3.31. The van der Waals surface area contributed by atoms with Crippen LogP contribution in [-0.4, -0.2) is 54.9 Å². The van der Waals surface area contributed by atoms with Gasteiger partial charge in [0.05, 0.1) is 0 Å². The third-order valence-corrected chi connectivity index (χ3v) is 3.74. The number of alkyl carbamates (subject to hydrolysis) is 1. The van der Waals surface area contributed by atoms with Gasteiger partial charge in [0.25, 0.3) is 0 Å². The molecule has 1 rings (SSSR count). The summed E-state index contributed by atoms with van der Waals surface area (Å²) in [5.41, 5.74) is -0.439. The molecule has 0 aromatic heterocycles. The molecule has 1 amide bonds. The van der Waals surface area contributed by atoms with Gasteiger partial charge in [0.15, 0.2) is 0 Å². The SMILES string of the molecule is CCN1CCCC(NC(C)CNC(=O)OC(C)(C)C)CC1. The van der Waals surface area contributed by atoms with E-state index in [-0.39, 0.29) is 12.1 Å². The van der Waals surface area contributed by atoms with Gasteiger partial charge in [0.1, 0.15) is 5.60 Å². The van der Waals surface area contributed by atoms with Crippen molar-refractivity contribution in [3.05, 3.63) is 0 Å². The van der Waals surface area contributed by atoms with E-state index in [9.17, 15) is 4.79 Å². The van der Waals surface area contributed by atoms with E-state index in [2.05, 4.69) is 29.4 Å². The summed E-state index contributed by atoms with van der Waals surface area (Å²) in [6, 6.07) is 0.813. The lowest BCUT2D eigenvalue weighted by Gasteiger charge is -2.24. The Kier molecular flexibility index (Phi) is 7.46. The standard InChI is InChI=1S/C16H33N3O2/c1-6-19-10-7-8-14(9-11-19)18-13(2)12-17-15(20)21-16(3,4)5/h13-14,18H,6-12H2,1-5H3,(H,17,20). The number of hydrogen-bond acceptors (Lipinski definition) is 4. The first kappa shape index (κ1) is 18.2. The largest absolute Gasteiger partial charge is 0.444 e. The van der Waals surface area contributed by atoms with Gasteiger partial charge in [-0.15, -0.1) is 0 Å². The van der Waals surface area contributed by atoms with Crippen LogP contribution >= 0.6 is 0 Å². The molecule has 0 spiro atoms. The summed E-state index contributed by atoms with van der Waals surface area (Å²) >= 11 is 0. The van der Waals surface area contributed by atoms with Gasteiger partial charge in [0.2, 0.25) is 0 Å². The Balaban J connectivity index is 2.24. The molecule has 21 heavy (non-hydrogen) atoms. The number of carbonyl (C=O) groups is 1. The zero-order chi connectivity index (χ0) is 15.9. The second-order valence-electron chi connectivity index (χ2n) is 7.01. The smallest absolute Gasteiger partial charge is 0.407 e. The van der Waals surface area contributed by atoms with Crippen LogP contribution in [-0.2, 0) is 4.74 Å². The van der Waals surface area contributed by atoms with Crippen LogP contribution in [0.3, 0.4) is 0 Å². The van der Waals surface area contributed by atoms with E-state index in [1.165, 1.54) is 32.4 Å². The minimum atomic E-state index is -0.439. The number of ether oxygens (including phenoxy) is 1. The highest BCUT2D eigenvalue weighted by molar-refractivity contribution is 5.67. The van der Waals surface area contributed by atoms with Crippen LogP contribution in [0.25, 0.3) is 0 Å². The first-order valence-electron chi connectivity index (χ1n) is 8.25. The van der Waals surface area contributed by atoms with Crippen molar-refractivity contribution in [3.63, 3.8) is 0 Å². The second-order valence-corrected chi connectivity index (χ2v) is 7.01. The third-order valence-electron chi connectivity index (χ3n) is 3.74. The number of rotatable bonds is 5. The third kappa shape index (κ3) is 8.27. The van der Waals surface area contributed by atoms with Crippen molar-refractivity contribution in [1.82, 2.24) is 15.5 Å². The zero-order valence-corrected chi connectivity index (χ0v) is 14.4. The Labute approximate surface area is 129 Å². The summed E-state index contributed by atoms with van der Waals surface area (Å²) in [4.78, 5) is 14.1. The van der Waals surface area contributed by atoms with E-state index in [1.807, 2.05) is 20.8 Å². The lowest BCUT2D eigenvalue weighted by atomic mass is 10.1. The van der Waals surface area contributed by atoms with Gasteiger partial charge in [-0.2, -0.15) is 0 Å². The fourth-order valence-electron chi connectivity index (χ4n) is 2.65. The average Bonchev–Trinajstić information content (AvgIpc) is 2.59. The normalized spacial score (nSPS) is 22.4. The van der Waals surface area contributed by atoms with Crippen molar-refractivity contribution >= 4 is 6.09 Å². The quantitative estimate of drug-likeness (QED) is 0.818.